The monoisotopic (exact) mass is 328 g/mol. The van der Waals surface area contributed by atoms with Crippen molar-refractivity contribution in [2.75, 3.05) is 50.7 Å². The molecule has 128 valence electrons. The third kappa shape index (κ3) is 4.35. The molecule has 2 fully saturated rings. The molecule has 3 rings (SSSR count). The molecule has 23 heavy (non-hydrogen) atoms. The Balaban J connectivity index is 1.50. The van der Waals surface area contributed by atoms with Crippen molar-refractivity contribution >= 4 is 5.82 Å². The highest BCUT2D eigenvalue weighted by Gasteiger charge is 2.31. The van der Waals surface area contributed by atoms with Gasteiger partial charge in [-0.2, -0.15) is 13.2 Å². The molecule has 4 nitrogen and oxygen atoms in total. The standard InChI is InChI=1S/C16H23F3N4/c17-16(18,19)14-3-4-15(21-11-14)23-8-6-22(7-9-23)12-13-2-1-5-20-10-13/h3-4,11,13,20H,1-2,5-10,12H2. The fraction of sp³-hybridized carbons (Fsp3) is 0.688. The van der Waals surface area contributed by atoms with Crippen LogP contribution in [0.4, 0.5) is 19.0 Å². The van der Waals surface area contributed by atoms with Crippen LogP contribution in [0.25, 0.3) is 0 Å². The van der Waals surface area contributed by atoms with Crippen LogP contribution in [0.15, 0.2) is 18.3 Å². The number of alkyl halides is 3. The minimum Gasteiger partial charge on any atom is -0.354 e. The number of nitrogens with zero attached hydrogens (tertiary/aromatic N) is 3. The highest BCUT2D eigenvalue weighted by Crippen LogP contribution is 2.29. The van der Waals surface area contributed by atoms with E-state index in [1.165, 1.54) is 18.9 Å². The van der Waals surface area contributed by atoms with Crippen LogP contribution in [0.5, 0.6) is 0 Å². The van der Waals surface area contributed by atoms with E-state index in [-0.39, 0.29) is 0 Å². The Bertz CT molecular complexity index is 489. The van der Waals surface area contributed by atoms with Crippen LogP contribution >= 0.6 is 0 Å². The summed E-state index contributed by atoms with van der Waals surface area (Å²) >= 11 is 0. The summed E-state index contributed by atoms with van der Waals surface area (Å²) in [5.74, 6) is 1.36. The average molecular weight is 328 g/mol. The van der Waals surface area contributed by atoms with Crippen LogP contribution in [0.1, 0.15) is 18.4 Å². The van der Waals surface area contributed by atoms with Gasteiger partial charge in [-0.15, -0.1) is 0 Å². The second-order valence-electron chi connectivity index (χ2n) is 6.40. The number of piperidine rings is 1. The Kier molecular flexibility index (Phi) is 5.06. The number of piperazine rings is 1. The minimum absolute atomic E-state index is 0.636. The molecule has 1 aromatic heterocycles. The van der Waals surface area contributed by atoms with Crippen LogP contribution < -0.4 is 10.2 Å². The molecule has 1 N–H and O–H groups in total. The molecule has 0 amide bonds. The number of nitrogens with one attached hydrogen (secondary N) is 1. The molecule has 0 saturated carbocycles. The molecule has 2 aliphatic heterocycles. The van der Waals surface area contributed by atoms with Crippen molar-refractivity contribution in [1.29, 1.82) is 0 Å². The van der Waals surface area contributed by atoms with Gasteiger partial charge in [0.05, 0.1) is 5.56 Å². The molecular formula is C16H23F3N4. The highest BCUT2D eigenvalue weighted by molar-refractivity contribution is 5.40. The van der Waals surface area contributed by atoms with Gasteiger partial charge in [-0.05, 0) is 44.0 Å². The minimum atomic E-state index is -4.32. The molecule has 1 aromatic rings. The molecule has 0 spiro atoms. The Labute approximate surface area is 134 Å². The summed E-state index contributed by atoms with van der Waals surface area (Å²) in [6, 6.07) is 2.59. The van der Waals surface area contributed by atoms with E-state index in [0.29, 0.717) is 5.82 Å². The first-order valence-corrected chi connectivity index (χ1v) is 8.23. The third-order valence-electron chi connectivity index (χ3n) is 4.69. The Morgan fingerprint density at radius 2 is 1.96 bits per heavy atom. The first-order valence-electron chi connectivity index (χ1n) is 8.23. The van der Waals surface area contributed by atoms with Crippen molar-refractivity contribution in [3.63, 3.8) is 0 Å². The number of anilines is 1. The number of halogens is 3. The summed E-state index contributed by atoms with van der Waals surface area (Å²) < 4.78 is 37.7. The molecule has 1 atom stereocenters. The van der Waals surface area contributed by atoms with Crippen molar-refractivity contribution in [1.82, 2.24) is 15.2 Å². The lowest BCUT2D eigenvalue weighted by atomic mass is 9.99. The fourth-order valence-corrected chi connectivity index (χ4v) is 3.35. The van der Waals surface area contributed by atoms with Gasteiger partial charge >= 0.3 is 6.18 Å². The maximum Gasteiger partial charge on any atom is 0.417 e. The molecule has 3 heterocycles. The largest absolute Gasteiger partial charge is 0.417 e. The molecule has 2 saturated heterocycles. The zero-order valence-corrected chi connectivity index (χ0v) is 13.1. The lowest BCUT2D eigenvalue weighted by molar-refractivity contribution is -0.137. The van der Waals surface area contributed by atoms with E-state index in [2.05, 4.69) is 20.1 Å². The van der Waals surface area contributed by atoms with E-state index < -0.39 is 11.7 Å². The van der Waals surface area contributed by atoms with Gasteiger partial charge in [-0.1, -0.05) is 0 Å². The van der Waals surface area contributed by atoms with Crippen molar-refractivity contribution in [3.8, 4) is 0 Å². The van der Waals surface area contributed by atoms with Crippen LogP contribution in [0.3, 0.4) is 0 Å². The van der Waals surface area contributed by atoms with E-state index in [4.69, 9.17) is 0 Å². The van der Waals surface area contributed by atoms with E-state index in [1.807, 2.05) is 0 Å². The Hall–Kier alpha value is -1.34. The summed E-state index contributed by atoms with van der Waals surface area (Å²) in [4.78, 5) is 8.51. The Morgan fingerprint density at radius 1 is 1.17 bits per heavy atom. The van der Waals surface area contributed by atoms with E-state index in [0.717, 1.165) is 64.0 Å². The van der Waals surface area contributed by atoms with Crippen LogP contribution in [-0.2, 0) is 6.18 Å². The van der Waals surface area contributed by atoms with Gasteiger partial charge in [0.2, 0.25) is 0 Å². The van der Waals surface area contributed by atoms with Gasteiger partial charge < -0.3 is 10.2 Å². The fourth-order valence-electron chi connectivity index (χ4n) is 3.35. The summed E-state index contributed by atoms with van der Waals surface area (Å²) in [7, 11) is 0. The molecule has 2 aliphatic rings. The molecule has 0 aliphatic carbocycles. The lowest BCUT2D eigenvalue weighted by Crippen LogP contribution is -2.49. The summed E-state index contributed by atoms with van der Waals surface area (Å²) in [5.41, 5.74) is -0.690. The van der Waals surface area contributed by atoms with Crippen molar-refractivity contribution in [2.24, 2.45) is 5.92 Å². The van der Waals surface area contributed by atoms with Crippen molar-refractivity contribution in [2.45, 2.75) is 19.0 Å². The summed E-state index contributed by atoms with van der Waals surface area (Å²) in [5, 5.41) is 3.44. The van der Waals surface area contributed by atoms with Gasteiger partial charge in [0.25, 0.3) is 0 Å². The van der Waals surface area contributed by atoms with E-state index in [9.17, 15) is 13.2 Å². The van der Waals surface area contributed by atoms with Crippen LogP contribution in [0.2, 0.25) is 0 Å². The SMILES string of the molecule is FC(F)(F)c1ccc(N2CCN(CC3CCCNC3)CC2)nc1. The first-order chi connectivity index (χ1) is 11.0. The van der Waals surface area contributed by atoms with Gasteiger partial charge in [0, 0.05) is 38.9 Å². The number of pyridine rings is 1. The molecule has 0 bridgehead atoms. The maximum absolute atomic E-state index is 12.6. The highest BCUT2D eigenvalue weighted by atomic mass is 19.4. The summed E-state index contributed by atoms with van der Waals surface area (Å²) in [6.45, 7) is 6.86. The number of hydrogen-bond acceptors (Lipinski definition) is 4. The van der Waals surface area contributed by atoms with Crippen molar-refractivity contribution in [3.05, 3.63) is 23.9 Å². The predicted octanol–water partition coefficient (Wildman–Crippen LogP) is 2.22. The zero-order valence-electron chi connectivity index (χ0n) is 13.1. The van der Waals surface area contributed by atoms with E-state index >= 15 is 0 Å². The zero-order chi connectivity index (χ0) is 16.3. The summed E-state index contributed by atoms with van der Waals surface area (Å²) in [6.07, 6.45) is -0.860. The second-order valence-corrected chi connectivity index (χ2v) is 6.40. The molecule has 0 radical (unpaired) electrons. The first kappa shape index (κ1) is 16.5. The molecule has 7 heteroatoms. The van der Waals surface area contributed by atoms with Gasteiger partial charge in [0.15, 0.2) is 0 Å². The van der Waals surface area contributed by atoms with Gasteiger partial charge in [0.1, 0.15) is 5.82 Å². The quantitative estimate of drug-likeness (QED) is 0.922. The van der Waals surface area contributed by atoms with Crippen LogP contribution in [-0.4, -0.2) is 55.7 Å². The molecular weight excluding hydrogens is 305 g/mol. The molecule has 0 aromatic carbocycles. The maximum atomic E-state index is 12.6. The van der Waals surface area contributed by atoms with Gasteiger partial charge in [-0.25, -0.2) is 4.98 Å². The van der Waals surface area contributed by atoms with Crippen molar-refractivity contribution < 1.29 is 13.2 Å². The topological polar surface area (TPSA) is 31.4 Å². The van der Waals surface area contributed by atoms with E-state index in [1.54, 1.807) is 0 Å². The lowest BCUT2D eigenvalue weighted by Gasteiger charge is -2.37. The third-order valence-corrected chi connectivity index (χ3v) is 4.69. The number of aromatic nitrogens is 1. The number of rotatable bonds is 3. The van der Waals surface area contributed by atoms with Gasteiger partial charge in [-0.3, -0.25) is 4.90 Å². The predicted molar refractivity (Wildman–Crippen MR) is 83.5 cm³/mol. The Morgan fingerprint density at radius 3 is 2.52 bits per heavy atom. The normalized spacial score (nSPS) is 24.0. The average Bonchev–Trinajstić information content (AvgIpc) is 2.56. The number of hydrogen-bond donors (Lipinski definition) is 1. The smallest absolute Gasteiger partial charge is 0.354 e. The second kappa shape index (κ2) is 7.05. The van der Waals surface area contributed by atoms with Crippen LogP contribution in [0, 0.1) is 5.92 Å². The molecule has 1 unspecified atom stereocenters.